The monoisotopic (exact) mass is 115 g/mol. The first-order valence-electron chi connectivity index (χ1n) is 2.20. The minimum absolute atomic E-state index is 0.690. The van der Waals surface area contributed by atoms with E-state index in [2.05, 4.69) is 4.84 Å². The Morgan fingerprint density at radius 1 is 1.62 bits per heavy atom. The van der Waals surface area contributed by atoms with Crippen LogP contribution in [0.4, 0.5) is 0 Å². The van der Waals surface area contributed by atoms with Crippen LogP contribution in [0.1, 0.15) is 0 Å². The fourth-order valence-electron chi connectivity index (χ4n) is 0.217. The molecule has 0 heterocycles. The molecule has 0 aliphatic heterocycles. The molecular weight excluding hydrogens is 106 g/mol. The third-order valence-corrected chi connectivity index (χ3v) is 0.663. The van der Waals surface area contributed by atoms with Crippen molar-refractivity contribution in [3.63, 3.8) is 0 Å². The second kappa shape index (κ2) is 4.33. The Bertz CT molecular complexity index is 90.4. The Morgan fingerprint density at radius 2 is 2.25 bits per heavy atom. The number of hydrogen-bond acceptors (Lipinski definition) is 3. The zero-order valence-corrected chi connectivity index (χ0v) is 5.00. The Hall–Kier alpha value is -0.830. The largest absolute Gasteiger partial charge is 0.299 e. The molecule has 0 rings (SSSR count). The molecule has 46 valence electrons. The zero-order chi connectivity index (χ0) is 6.41. The third-order valence-electron chi connectivity index (χ3n) is 0.663. The number of hydroxylamine groups is 2. The number of rotatable bonds is 3. The number of hydrogen-bond donors (Lipinski definition) is 0. The molecule has 0 amide bonds. The molecule has 0 atom stereocenters. The van der Waals surface area contributed by atoms with Gasteiger partial charge >= 0.3 is 0 Å². The van der Waals surface area contributed by atoms with Gasteiger partial charge in [0.2, 0.25) is 0 Å². The maximum absolute atomic E-state index is 9.66. The molecule has 0 aliphatic rings. The Labute approximate surface area is 48.5 Å². The van der Waals surface area contributed by atoms with Gasteiger partial charge in [-0.15, -0.1) is 0 Å². The summed E-state index contributed by atoms with van der Waals surface area (Å²) in [5, 5.41) is 1.42. The smallest absolute Gasteiger partial charge is 0.144 e. The molecule has 8 heavy (non-hydrogen) atoms. The van der Waals surface area contributed by atoms with E-state index in [-0.39, 0.29) is 0 Å². The number of allylic oxidation sites excluding steroid dienone is 1. The van der Waals surface area contributed by atoms with Crippen LogP contribution >= 0.6 is 0 Å². The van der Waals surface area contributed by atoms with Crippen molar-refractivity contribution < 1.29 is 9.63 Å². The van der Waals surface area contributed by atoms with Crippen molar-refractivity contribution in [3.05, 3.63) is 12.3 Å². The summed E-state index contributed by atoms with van der Waals surface area (Å²) in [4.78, 5) is 14.3. The van der Waals surface area contributed by atoms with Crippen LogP contribution < -0.4 is 0 Å². The molecular formula is C5H9NO2. The second-order valence-electron chi connectivity index (χ2n) is 1.21. The van der Waals surface area contributed by atoms with Gasteiger partial charge < -0.3 is 0 Å². The van der Waals surface area contributed by atoms with Crippen molar-refractivity contribution in [2.75, 3.05) is 14.2 Å². The number of carbonyl (C=O) groups is 1. The quantitative estimate of drug-likeness (QED) is 0.299. The highest BCUT2D eigenvalue weighted by molar-refractivity contribution is 5.64. The second-order valence-corrected chi connectivity index (χ2v) is 1.21. The van der Waals surface area contributed by atoms with Crippen molar-refractivity contribution in [1.29, 1.82) is 0 Å². The van der Waals surface area contributed by atoms with Crippen molar-refractivity contribution >= 4 is 6.29 Å². The van der Waals surface area contributed by atoms with Crippen molar-refractivity contribution in [2.24, 2.45) is 0 Å². The molecule has 0 saturated heterocycles. The van der Waals surface area contributed by atoms with Crippen molar-refractivity contribution in [3.8, 4) is 0 Å². The summed E-state index contributed by atoms with van der Waals surface area (Å²) in [5.41, 5.74) is 0. The molecule has 0 unspecified atom stereocenters. The summed E-state index contributed by atoms with van der Waals surface area (Å²) >= 11 is 0. The maximum Gasteiger partial charge on any atom is 0.144 e. The summed E-state index contributed by atoms with van der Waals surface area (Å²) in [6.07, 6.45) is 3.56. The summed E-state index contributed by atoms with van der Waals surface area (Å²) in [5.74, 6) is 0. The molecule has 3 heteroatoms. The van der Waals surface area contributed by atoms with Gasteiger partial charge in [-0.1, -0.05) is 0 Å². The lowest BCUT2D eigenvalue weighted by molar-refractivity contribution is -0.104. The van der Waals surface area contributed by atoms with Crippen LogP contribution in [-0.4, -0.2) is 25.5 Å². The van der Waals surface area contributed by atoms with Gasteiger partial charge in [-0.2, -0.15) is 0 Å². The van der Waals surface area contributed by atoms with Gasteiger partial charge in [0.15, 0.2) is 0 Å². The lowest BCUT2D eigenvalue weighted by Crippen LogP contribution is -2.07. The summed E-state index contributed by atoms with van der Waals surface area (Å²) in [6, 6.07) is 0. The average molecular weight is 115 g/mol. The molecule has 0 aromatic carbocycles. The van der Waals surface area contributed by atoms with E-state index >= 15 is 0 Å². The van der Waals surface area contributed by atoms with Crippen LogP contribution in [0.25, 0.3) is 0 Å². The Balaban J connectivity index is 3.35. The molecule has 0 radical (unpaired) electrons. The molecule has 0 aliphatic carbocycles. The molecule has 0 bridgehead atoms. The Kier molecular flexibility index (Phi) is 3.88. The molecule has 0 fully saturated rings. The van der Waals surface area contributed by atoms with Crippen LogP contribution in [0.5, 0.6) is 0 Å². The lowest BCUT2D eigenvalue weighted by Gasteiger charge is -2.06. The van der Waals surface area contributed by atoms with Crippen LogP contribution in [-0.2, 0) is 9.63 Å². The number of aldehydes is 1. The predicted octanol–water partition coefficient (Wildman–Crippen LogP) is 0.192. The van der Waals surface area contributed by atoms with Gasteiger partial charge in [-0.25, -0.2) is 0 Å². The van der Waals surface area contributed by atoms with E-state index in [1.165, 1.54) is 24.4 Å². The Morgan fingerprint density at radius 3 is 2.62 bits per heavy atom. The van der Waals surface area contributed by atoms with Gasteiger partial charge in [0, 0.05) is 13.2 Å². The molecule has 0 aromatic rings. The van der Waals surface area contributed by atoms with Crippen LogP contribution in [0.2, 0.25) is 0 Å². The van der Waals surface area contributed by atoms with E-state index in [0.29, 0.717) is 6.29 Å². The van der Waals surface area contributed by atoms with E-state index in [4.69, 9.17) is 0 Å². The molecule has 0 spiro atoms. The van der Waals surface area contributed by atoms with E-state index in [1.807, 2.05) is 0 Å². The lowest BCUT2D eigenvalue weighted by atomic mass is 10.7. The van der Waals surface area contributed by atoms with E-state index in [0.717, 1.165) is 0 Å². The molecule has 0 saturated carbocycles. The summed E-state index contributed by atoms with van der Waals surface area (Å²) in [7, 11) is 3.22. The highest BCUT2D eigenvalue weighted by Crippen LogP contribution is 1.79. The predicted molar refractivity (Wildman–Crippen MR) is 30.0 cm³/mol. The van der Waals surface area contributed by atoms with E-state index < -0.39 is 0 Å². The molecule has 0 N–H and O–H groups in total. The van der Waals surface area contributed by atoms with E-state index in [9.17, 15) is 4.79 Å². The minimum Gasteiger partial charge on any atom is -0.299 e. The first-order valence-corrected chi connectivity index (χ1v) is 2.20. The normalized spacial score (nSPS) is 9.75. The van der Waals surface area contributed by atoms with E-state index in [1.54, 1.807) is 7.05 Å². The van der Waals surface area contributed by atoms with Gasteiger partial charge in [0.05, 0.1) is 7.11 Å². The van der Waals surface area contributed by atoms with Gasteiger partial charge in [0.25, 0.3) is 0 Å². The van der Waals surface area contributed by atoms with Crippen LogP contribution in [0, 0.1) is 0 Å². The third kappa shape index (κ3) is 3.36. The number of carbonyl (C=O) groups excluding carboxylic acids is 1. The highest BCUT2D eigenvalue weighted by atomic mass is 16.7. The number of nitrogens with zero attached hydrogens (tertiary/aromatic N) is 1. The van der Waals surface area contributed by atoms with Gasteiger partial charge in [-0.3, -0.25) is 14.7 Å². The van der Waals surface area contributed by atoms with Crippen LogP contribution in [0.15, 0.2) is 12.3 Å². The standard InChI is InChI=1S/C5H9NO2/c1-6(8-2)4-3-5-7/h3-5H,1-2H3. The summed E-state index contributed by atoms with van der Waals surface area (Å²) < 4.78 is 0. The fourth-order valence-corrected chi connectivity index (χ4v) is 0.217. The van der Waals surface area contributed by atoms with Crippen LogP contribution in [0.3, 0.4) is 0 Å². The molecule has 0 aromatic heterocycles. The first-order chi connectivity index (χ1) is 3.81. The highest BCUT2D eigenvalue weighted by Gasteiger charge is 1.78. The van der Waals surface area contributed by atoms with Crippen molar-refractivity contribution in [2.45, 2.75) is 0 Å². The van der Waals surface area contributed by atoms with Crippen molar-refractivity contribution in [1.82, 2.24) is 5.06 Å². The van der Waals surface area contributed by atoms with Gasteiger partial charge in [0.1, 0.15) is 6.29 Å². The SMILES string of the molecule is CON(C)C=CC=O. The van der Waals surface area contributed by atoms with Gasteiger partial charge in [-0.05, 0) is 6.08 Å². The maximum atomic E-state index is 9.66. The zero-order valence-electron chi connectivity index (χ0n) is 5.00. The minimum atomic E-state index is 0.690. The average Bonchev–Trinajstić information content (AvgIpc) is 1.83. The topological polar surface area (TPSA) is 29.5 Å². The molecule has 3 nitrogen and oxygen atoms in total. The fraction of sp³-hybridized carbons (Fsp3) is 0.400. The first kappa shape index (κ1) is 7.17. The summed E-state index contributed by atoms with van der Waals surface area (Å²) in [6.45, 7) is 0.